The van der Waals surface area contributed by atoms with Gasteiger partial charge in [-0.15, -0.1) is 0 Å². The third-order valence-corrected chi connectivity index (χ3v) is 4.06. The van der Waals surface area contributed by atoms with E-state index in [1.807, 2.05) is 6.07 Å². The van der Waals surface area contributed by atoms with Gasteiger partial charge in [0.2, 0.25) is 5.91 Å². The van der Waals surface area contributed by atoms with Crippen molar-refractivity contribution < 1.29 is 36.6 Å². The smallest absolute Gasteiger partial charge is 0.422 e. The average molecular weight is 413 g/mol. The number of rotatable bonds is 6. The van der Waals surface area contributed by atoms with Crippen LogP contribution in [0.3, 0.4) is 0 Å². The second kappa shape index (κ2) is 9.02. The molecule has 2 aromatic rings. The minimum absolute atomic E-state index is 0.0284. The highest BCUT2D eigenvalue weighted by Crippen LogP contribution is 2.31. The maximum absolute atomic E-state index is 13.3. The first-order chi connectivity index (χ1) is 13.8. The minimum atomic E-state index is -4.58. The second-order valence-corrected chi connectivity index (χ2v) is 6.42. The number of hydrogen-bond acceptors (Lipinski definition) is 4. The van der Waals surface area contributed by atoms with E-state index in [1.165, 1.54) is 0 Å². The summed E-state index contributed by atoms with van der Waals surface area (Å²) in [6.07, 6.45) is -3.36. The molecule has 29 heavy (non-hydrogen) atoms. The highest BCUT2D eigenvalue weighted by atomic mass is 19.4. The molecule has 1 amide bonds. The molecule has 2 aromatic carbocycles. The van der Waals surface area contributed by atoms with E-state index >= 15 is 0 Å². The number of amides is 1. The van der Waals surface area contributed by atoms with Gasteiger partial charge in [-0.3, -0.25) is 4.79 Å². The normalized spacial score (nSPS) is 13.5. The fourth-order valence-corrected chi connectivity index (χ4v) is 2.71. The van der Waals surface area contributed by atoms with Gasteiger partial charge in [0.1, 0.15) is 11.6 Å². The summed E-state index contributed by atoms with van der Waals surface area (Å²) >= 11 is 0. The van der Waals surface area contributed by atoms with Crippen molar-refractivity contribution in [3.05, 3.63) is 47.8 Å². The van der Waals surface area contributed by atoms with E-state index in [1.54, 1.807) is 12.1 Å². The third kappa shape index (κ3) is 6.27. The summed E-state index contributed by atoms with van der Waals surface area (Å²) < 4.78 is 66.2. The van der Waals surface area contributed by atoms with E-state index in [4.69, 9.17) is 9.47 Å². The molecule has 1 aliphatic heterocycles. The van der Waals surface area contributed by atoms with Gasteiger partial charge >= 0.3 is 6.18 Å². The maximum atomic E-state index is 13.3. The Morgan fingerprint density at radius 1 is 1.07 bits per heavy atom. The van der Waals surface area contributed by atoms with Crippen LogP contribution < -0.4 is 19.5 Å². The van der Waals surface area contributed by atoms with E-state index in [-0.39, 0.29) is 17.9 Å². The number of alkyl halides is 3. The van der Waals surface area contributed by atoms with Gasteiger partial charge in [-0.2, -0.15) is 13.2 Å². The first-order valence-electron chi connectivity index (χ1n) is 8.98. The number of nitrogens with one attached hydrogen (secondary N) is 1. The Hall–Kier alpha value is -2.97. The zero-order valence-corrected chi connectivity index (χ0v) is 15.4. The summed E-state index contributed by atoms with van der Waals surface area (Å²) in [7, 11) is 0. The molecule has 1 heterocycles. The Balaban J connectivity index is 1.60. The number of aryl methyl sites for hydroxylation is 1. The van der Waals surface area contributed by atoms with E-state index < -0.39 is 24.5 Å². The van der Waals surface area contributed by atoms with Crippen molar-refractivity contribution in [2.75, 3.05) is 25.1 Å². The number of fused-ring (bicyclic) bond motifs is 1. The third-order valence-electron chi connectivity index (χ3n) is 4.06. The van der Waals surface area contributed by atoms with E-state index in [9.17, 15) is 22.4 Å². The highest BCUT2D eigenvalue weighted by molar-refractivity contribution is 5.92. The first kappa shape index (κ1) is 20.8. The fraction of sp³-hybridized carbons (Fsp3) is 0.350. The molecule has 156 valence electrons. The molecule has 0 aromatic heterocycles. The van der Waals surface area contributed by atoms with Gasteiger partial charge in [-0.05, 0) is 36.2 Å². The van der Waals surface area contributed by atoms with Crippen LogP contribution in [0.5, 0.6) is 17.2 Å². The molecule has 0 atom stereocenters. The van der Waals surface area contributed by atoms with Crippen molar-refractivity contribution in [1.82, 2.24) is 0 Å². The number of halogens is 4. The standard InChI is InChI=1S/C20H19F4NO4/c21-14-4-5-15(17(11-14)29-12-20(22,23)24)25-19(26)7-3-13-2-6-16-18(10-13)28-9-1-8-27-16/h2,4-6,10-11H,1,3,7-9,12H2,(H,25,26). The molecule has 0 radical (unpaired) electrons. The molecule has 1 N–H and O–H groups in total. The van der Waals surface area contributed by atoms with Crippen LogP contribution in [0.1, 0.15) is 18.4 Å². The number of carbonyl (C=O) groups excluding carboxylic acids is 1. The number of benzene rings is 2. The highest BCUT2D eigenvalue weighted by Gasteiger charge is 2.29. The first-order valence-corrected chi connectivity index (χ1v) is 8.98. The number of anilines is 1. The lowest BCUT2D eigenvalue weighted by Gasteiger charge is -2.14. The summed E-state index contributed by atoms with van der Waals surface area (Å²) in [6, 6.07) is 8.37. The van der Waals surface area contributed by atoms with E-state index in [2.05, 4.69) is 10.1 Å². The van der Waals surface area contributed by atoms with Gasteiger partial charge in [0.05, 0.1) is 18.9 Å². The van der Waals surface area contributed by atoms with Crippen molar-refractivity contribution in [2.24, 2.45) is 0 Å². The van der Waals surface area contributed by atoms with Crippen LogP contribution in [-0.2, 0) is 11.2 Å². The Bertz CT molecular complexity index is 870. The van der Waals surface area contributed by atoms with Gasteiger partial charge in [0.25, 0.3) is 0 Å². The van der Waals surface area contributed by atoms with Crippen molar-refractivity contribution >= 4 is 11.6 Å². The van der Waals surface area contributed by atoms with E-state index in [0.29, 0.717) is 31.1 Å². The Labute approximate surface area is 164 Å². The molecule has 9 heteroatoms. The van der Waals surface area contributed by atoms with Gasteiger partial charge < -0.3 is 19.5 Å². The van der Waals surface area contributed by atoms with Gasteiger partial charge in [-0.25, -0.2) is 4.39 Å². The van der Waals surface area contributed by atoms with Gasteiger partial charge in [0.15, 0.2) is 18.1 Å². The topological polar surface area (TPSA) is 56.8 Å². The van der Waals surface area contributed by atoms with Crippen LogP contribution in [-0.4, -0.2) is 31.9 Å². The molecular formula is C20H19F4NO4. The molecule has 5 nitrogen and oxygen atoms in total. The van der Waals surface area contributed by atoms with Crippen LogP contribution >= 0.6 is 0 Å². The molecular weight excluding hydrogens is 394 g/mol. The molecule has 1 aliphatic rings. The van der Waals surface area contributed by atoms with Gasteiger partial charge in [-0.1, -0.05) is 6.07 Å². The molecule has 0 saturated carbocycles. The summed E-state index contributed by atoms with van der Waals surface area (Å²) in [5, 5.41) is 2.46. The van der Waals surface area contributed by atoms with Crippen molar-refractivity contribution in [3.63, 3.8) is 0 Å². The second-order valence-electron chi connectivity index (χ2n) is 6.42. The van der Waals surface area contributed by atoms with Crippen LogP contribution in [0.15, 0.2) is 36.4 Å². The lowest BCUT2D eigenvalue weighted by atomic mass is 10.1. The van der Waals surface area contributed by atoms with Gasteiger partial charge in [0, 0.05) is 18.9 Å². The zero-order valence-electron chi connectivity index (χ0n) is 15.4. The van der Waals surface area contributed by atoms with Crippen LogP contribution in [0.25, 0.3) is 0 Å². The van der Waals surface area contributed by atoms with Crippen molar-refractivity contribution in [1.29, 1.82) is 0 Å². The van der Waals surface area contributed by atoms with Crippen LogP contribution in [0, 0.1) is 5.82 Å². The molecule has 0 fully saturated rings. The minimum Gasteiger partial charge on any atom is -0.490 e. The van der Waals surface area contributed by atoms with Crippen LogP contribution in [0.4, 0.5) is 23.2 Å². The molecule has 0 bridgehead atoms. The van der Waals surface area contributed by atoms with Crippen molar-refractivity contribution in [2.45, 2.75) is 25.4 Å². The number of carbonyl (C=O) groups is 1. The fourth-order valence-electron chi connectivity index (χ4n) is 2.71. The van der Waals surface area contributed by atoms with Crippen LogP contribution in [0.2, 0.25) is 0 Å². The molecule has 3 rings (SSSR count). The average Bonchev–Trinajstić information content (AvgIpc) is 2.91. The van der Waals surface area contributed by atoms with Crippen molar-refractivity contribution in [3.8, 4) is 17.2 Å². The Morgan fingerprint density at radius 2 is 1.83 bits per heavy atom. The molecule has 0 unspecified atom stereocenters. The zero-order chi connectivity index (χ0) is 20.9. The van der Waals surface area contributed by atoms with E-state index in [0.717, 1.165) is 30.2 Å². The predicted molar refractivity (Wildman–Crippen MR) is 96.9 cm³/mol. The molecule has 0 aliphatic carbocycles. The molecule has 0 spiro atoms. The Kier molecular flexibility index (Phi) is 6.46. The summed E-state index contributed by atoms with van der Waals surface area (Å²) in [5.41, 5.74) is 0.816. The monoisotopic (exact) mass is 413 g/mol. The predicted octanol–water partition coefficient (Wildman–Crippen LogP) is 4.50. The summed E-state index contributed by atoms with van der Waals surface area (Å²) in [5.74, 6) is -0.338. The largest absolute Gasteiger partial charge is 0.490 e. The SMILES string of the molecule is O=C(CCc1ccc2c(c1)OCCCO2)Nc1ccc(F)cc1OCC(F)(F)F. The quantitative estimate of drug-likeness (QED) is 0.709. The number of hydrogen-bond donors (Lipinski definition) is 1. The summed E-state index contributed by atoms with van der Waals surface area (Å²) in [6.45, 7) is -0.468. The maximum Gasteiger partial charge on any atom is 0.422 e. The molecule has 0 saturated heterocycles. The lowest BCUT2D eigenvalue weighted by molar-refractivity contribution is -0.153. The summed E-state index contributed by atoms with van der Waals surface area (Å²) in [4.78, 5) is 12.2. The Morgan fingerprint density at radius 3 is 2.59 bits per heavy atom. The number of ether oxygens (including phenoxy) is 3. The lowest BCUT2D eigenvalue weighted by Crippen LogP contribution is -2.20.